The van der Waals surface area contributed by atoms with Crippen LogP contribution in [0.5, 0.6) is 0 Å². The van der Waals surface area contributed by atoms with Gasteiger partial charge in [-0.3, -0.25) is 4.79 Å². The summed E-state index contributed by atoms with van der Waals surface area (Å²) < 4.78 is 0. The Labute approximate surface area is 124 Å². The van der Waals surface area contributed by atoms with Gasteiger partial charge in [-0.2, -0.15) is 0 Å². The van der Waals surface area contributed by atoms with E-state index >= 15 is 0 Å². The molecule has 21 heavy (non-hydrogen) atoms. The molecule has 1 aromatic heterocycles. The predicted molar refractivity (Wildman–Crippen MR) is 84.1 cm³/mol. The summed E-state index contributed by atoms with van der Waals surface area (Å²) in [5, 5.41) is 4.72. The van der Waals surface area contributed by atoms with Crippen molar-refractivity contribution in [1.82, 2.24) is 15.2 Å². The Morgan fingerprint density at radius 2 is 2.19 bits per heavy atom. The number of likely N-dealkylation sites (N-methyl/N-ethyl adjacent to an activating group) is 1. The zero-order valence-electron chi connectivity index (χ0n) is 12.2. The number of benzene rings is 1. The highest BCUT2D eigenvalue weighted by Gasteiger charge is 2.25. The number of hydrogen-bond donors (Lipinski definition) is 2. The van der Waals surface area contributed by atoms with Gasteiger partial charge >= 0.3 is 0 Å². The molecule has 1 aromatic carbocycles. The van der Waals surface area contributed by atoms with E-state index in [9.17, 15) is 4.79 Å². The van der Waals surface area contributed by atoms with Crippen LogP contribution in [0.15, 0.2) is 30.3 Å². The normalized spacial score (nSPS) is 14.6. The molecule has 1 saturated carbocycles. The summed E-state index contributed by atoms with van der Waals surface area (Å²) in [6.45, 7) is 1.49. The molecule has 0 atom stereocenters. The molecule has 2 aromatic rings. The lowest BCUT2D eigenvalue weighted by Crippen LogP contribution is -2.34. The van der Waals surface area contributed by atoms with E-state index in [1.54, 1.807) is 6.07 Å². The van der Waals surface area contributed by atoms with Crippen LogP contribution in [-0.4, -0.2) is 42.0 Å². The molecule has 0 saturated heterocycles. The summed E-state index contributed by atoms with van der Waals surface area (Å²) in [5.74, 6) is 0.227. The van der Waals surface area contributed by atoms with E-state index in [0.29, 0.717) is 24.1 Å². The molecular formula is C16H20N4O. The molecule has 0 spiro atoms. The van der Waals surface area contributed by atoms with E-state index in [1.807, 2.05) is 24.3 Å². The summed E-state index contributed by atoms with van der Waals surface area (Å²) in [7, 11) is 2.09. The summed E-state index contributed by atoms with van der Waals surface area (Å²) in [6.07, 6.45) is 2.54. The Hall–Kier alpha value is -2.14. The van der Waals surface area contributed by atoms with Gasteiger partial charge in [0, 0.05) is 24.5 Å². The highest BCUT2D eigenvalue weighted by atomic mass is 16.1. The highest BCUT2D eigenvalue weighted by Crippen LogP contribution is 2.24. The van der Waals surface area contributed by atoms with Gasteiger partial charge in [-0.15, -0.1) is 0 Å². The molecule has 0 aliphatic heterocycles. The minimum Gasteiger partial charge on any atom is -0.383 e. The first-order chi connectivity index (χ1) is 10.1. The van der Waals surface area contributed by atoms with Crippen molar-refractivity contribution in [3.63, 3.8) is 0 Å². The summed E-state index contributed by atoms with van der Waals surface area (Å²) >= 11 is 0. The molecule has 3 N–H and O–H groups in total. The molecule has 1 aliphatic carbocycles. The molecule has 110 valence electrons. The number of amides is 1. The van der Waals surface area contributed by atoms with Crippen molar-refractivity contribution in [3.8, 4) is 0 Å². The molecule has 5 heteroatoms. The molecule has 1 heterocycles. The van der Waals surface area contributed by atoms with Crippen LogP contribution in [0, 0.1) is 0 Å². The fourth-order valence-electron chi connectivity index (χ4n) is 2.48. The van der Waals surface area contributed by atoms with Crippen LogP contribution in [0.2, 0.25) is 0 Å². The molecular weight excluding hydrogens is 264 g/mol. The Bertz CT molecular complexity index is 666. The van der Waals surface area contributed by atoms with Crippen molar-refractivity contribution in [1.29, 1.82) is 0 Å². The molecule has 0 unspecified atom stereocenters. The second-order valence-corrected chi connectivity index (χ2v) is 5.58. The van der Waals surface area contributed by atoms with E-state index in [-0.39, 0.29) is 5.91 Å². The second kappa shape index (κ2) is 5.69. The Kier molecular flexibility index (Phi) is 3.75. The molecule has 3 rings (SSSR count). The van der Waals surface area contributed by atoms with Crippen molar-refractivity contribution < 1.29 is 4.79 Å². The third-order valence-corrected chi connectivity index (χ3v) is 3.92. The van der Waals surface area contributed by atoms with E-state index in [2.05, 4.69) is 22.2 Å². The van der Waals surface area contributed by atoms with Gasteiger partial charge in [-0.05, 0) is 31.3 Å². The maximum atomic E-state index is 12.2. The van der Waals surface area contributed by atoms with Crippen molar-refractivity contribution in [2.45, 2.75) is 18.9 Å². The molecule has 1 fully saturated rings. The van der Waals surface area contributed by atoms with Crippen molar-refractivity contribution in [2.75, 3.05) is 25.9 Å². The predicted octanol–water partition coefficient (Wildman–Crippen LogP) is 1.64. The van der Waals surface area contributed by atoms with Crippen LogP contribution in [-0.2, 0) is 0 Å². The van der Waals surface area contributed by atoms with Crippen LogP contribution in [0.3, 0.4) is 0 Å². The third-order valence-electron chi connectivity index (χ3n) is 3.92. The monoisotopic (exact) mass is 284 g/mol. The van der Waals surface area contributed by atoms with Crippen molar-refractivity contribution in [2.24, 2.45) is 0 Å². The van der Waals surface area contributed by atoms with Gasteiger partial charge in [0.2, 0.25) is 0 Å². The quantitative estimate of drug-likeness (QED) is 0.875. The standard InChI is InChI=1S/C16H20N4O/c1-20(12-6-7-12)9-8-18-16(21)14-10-11-4-2-3-5-13(11)15(17)19-14/h2-5,10,12H,6-9H2,1H3,(H2,17,19)(H,18,21). The SMILES string of the molecule is CN(CCNC(=O)c1cc2ccccc2c(N)n1)C1CC1. The zero-order valence-corrected chi connectivity index (χ0v) is 12.2. The van der Waals surface area contributed by atoms with Crippen LogP contribution in [0.25, 0.3) is 10.8 Å². The zero-order chi connectivity index (χ0) is 14.8. The number of nitrogen functional groups attached to an aromatic ring is 1. The molecule has 5 nitrogen and oxygen atoms in total. The average Bonchev–Trinajstić information content (AvgIpc) is 3.31. The number of carbonyl (C=O) groups excluding carboxylic acids is 1. The van der Waals surface area contributed by atoms with Gasteiger partial charge in [-0.25, -0.2) is 4.98 Å². The number of hydrogen-bond acceptors (Lipinski definition) is 4. The lowest BCUT2D eigenvalue weighted by Gasteiger charge is -2.15. The molecule has 0 radical (unpaired) electrons. The van der Waals surface area contributed by atoms with Gasteiger partial charge in [0.05, 0.1) is 0 Å². The number of carbonyl (C=O) groups is 1. The minimum absolute atomic E-state index is 0.170. The number of aromatic nitrogens is 1. The number of rotatable bonds is 5. The van der Waals surface area contributed by atoms with Gasteiger partial charge in [0.25, 0.3) is 5.91 Å². The van der Waals surface area contributed by atoms with E-state index < -0.39 is 0 Å². The number of pyridine rings is 1. The first kappa shape index (κ1) is 13.8. The van der Waals surface area contributed by atoms with E-state index in [1.165, 1.54) is 12.8 Å². The minimum atomic E-state index is -0.170. The second-order valence-electron chi connectivity index (χ2n) is 5.58. The van der Waals surface area contributed by atoms with Crippen LogP contribution in [0.1, 0.15) is 23.3 Å². The topological polar surface area (TPSA) is 71.2 Å². The van der Waals surface area contributed by atoms with E-state index in [4.69, 9.17) is 5.73 Å². The Balaban J connectivity index is 1.66. The average molecular weight is 284 g/mol. The first-order valence-corrected chi connectivity index (χ1v) is 7.29. The number of nitrogens with one attached hydrogen (secondary N) is 1. The maximum absolute atomic E-state index is 12.2. The number of nitrogens with two attached hydrogens (primary N) is 1. The van der Waals surface area contributed by atoms with Gasteiger partial charge in [-0.1, -0.05) is 24.3 Å². The summed E-state index contributed by atoms with van der Waals surface area (Å²) in [6, 6.07) is 10.2. The lowest BCUT2D eigenvalue weighted by atomic mass is 10.1. The van der Waals surface area contributed by atoms with Gasteiger partial charge in [0.15, 0.2) is 0 Å². The van der Waals surface area contributed by atoms with Gasteiger partial charge in [0.1, 0.15) is 11.5 Å². The number of nitrogens with zero attached hydrogens (tertiary/aromatic N) is 2. The largest absolute Gasteiger partial charge is 0.383 e. The van der Waals surface area contributed by atoms with Crippen molar-refractivity contribution in [3.05, 3.63) is 36.0 Å². The highest BCUT2D eigenvalue weighted by molar-refractivity contribution is 5.99. The fraction of sp³-hybridized carbons (Fsp3) is 0.375. The van der Waals surface area contributed by atoms with E-state index in [0.717, 1.165) is 17.3 Å². The number of anilines is 1. The van der Waals surface area contributed by atoms with Gasteiger partial charge < -0.3 is 16.0 Å². The lowest BCUT2D eigenvalue weighted by molar-refractivity contribution is 0.0945. The van der Waals surface area contributed by atoms with Crippen LogP contribution >= 0.6 is 0 Å². The van der Waals surface area contributed by atoms with Crippen molar-refractivity contribution >= 4 is 22.5 Å². The summed E-state index contributed by atoms with van der Waals surface area (Å²) in [5.41, 5.74) is 6.30. The smallest absolute Gasteiger partial charge is 0.270 e. The first-order valence-electron chi connectivity index (χ1n) is 7.29. The maximum Gasteiger partial charge on any atom is 0.270 e. The Morgan fingerprint density at radius 3 is 2.95 bits per heavy atom. The van der Waals surface area contributed by atoms with Crippen LogP contribution < -0.4 is 11.1 Å². The molecule has 1 amide bonds. The molecule has 1 aliphatic rings. The van der Waals surface area contributed by atoms with Crippen LogP contribution in [0.4, 0.5) is 5.82 Å². The fourth-order valence-corrected chi connectivity index (χ4v) is 2.48. The Morgan fingerprint density at radius 1 is 1.43 bits per heavy atom. The molecule has 0 bridgehead atoms. The number of fused-ring (bicyclic) bond motifs is 1. The third kappa shape index (κ3) is 3.13. The summed E-state index contributed by atoms with van der Waals surface area (Å²) in [4.78, 5) is 18.6.